The van der Waals surface area contributed by atoms with E-state index in [-0.39, 0.29) is 30.8 Å². The van der Waals surface area contributed by atoms with Crippen LogP contribution in [0.25, 0.3) is 0 Å². The highest BCUT2D eigenvalue weighted by Crippen LogP contribution is 2.69. The van der Waals surface area contributed by atoms with Gasteiger partial charge in [0.05, 0.1) is 38.6 Å². The molecule has 0 aliphatic heterocycles. The number of hydrogen-bond acceptors (Lipinski definition) is 4. The Morgan fingerprint density at radius 1 is 0.939 bits per heavy atom. The van der Waals surface area contributed by atoms with E-state index in [9.17, 15) is 10.2 Å². The minimum atomic E-state index is 0.111. The Hall–Kier alpha value is -0.160. The Balaban J connectivity index is 1.72. The number of fused-ring (bicyclic) bond motifs is 5. The molecule has 0 spiro atoms. The first-order valence-corrected chi connectivity index (χ1v) is 14.3. The van der Waals surface area contributed by atoms with Gasteiger partial charge >= 0.3 is 0 Å². The fourth-order valence-corrected chi connectivity index (χ4v) is 9.80. The predicted octanol–water partition coefficient (Wildman–Crippen LogP) is 5.69. The van der Waals surface area contributed by atoms with Crippen LogP contribution in [0.1, 0.15) is 92.4 Å². The molecule has 0 aromatic heterocycles. The fraction of sp³-hybridized carbons (Fsp3) is 1.00. The summed E-state index contributed by atoms with van der Waals surface area (Å²) < 4.78 is 13.1. The highest BCUT2D eigenvalue weighted by atomic mass is 16.5. The van der Waals surface area contributed by atoms with Crippen molar-refractivity contribution >= 4 is 0 Å². The summed E-state index contributed by atoms with van der Waals surface area (Å²) in [5.41, 5.74) is 0.516. The lowest BCUT2D eigenvalue weighted by Gasteiger charge is -2.64. The third-order valence-corrected chi connectivity index (χ3v) is 11.3. The van der Waals surface area contributed by atoms with Crippen LogP contribution in [0.2, 0.25) is 0 Å². The van der Waals surface area contributed by atoms with Crippen LogP contribution >= 0.6 is 0 Å². The van der Waals surface area contributed by atoms with Crippen molar-refractivity contribution in [1.82, 2.24) is 0 Å². The second kappa shape index (κ2) is 10.4. The van der Waals surface area contributed by atoms with Gasteiger partial charge < -0.3 is 19.7 Å². The highest BCUT2D eigenvalue weighted by molar-refractivity contribution is 5.15. The van der Waals surface area contributed by atoms with Crippen LogP contribution in [-0.4, -0.2) is 48.8 Å². The minimum absolute atomic E-state index is 0.111. The maximum absolute atomic E-state index is 9.65. The lowest BCUT2D eigenvalue weighted by Crippen LogP contribution is -2.63. The normalized spacial score (nSPS) is 48.1. The van der Waals surface area contributed by atoms with Crippen LogP contribution in [0, 0.1) is 52.3 Å². The molecule has 0 aromatic carbocycles. The summed E-state index contributed by atoms with van der Waals surface area (Å²) in [4.78, 5) is 0. The van der Waals surface area contributed by atoms with E-state index in [0.29, 0.717) is 54.1 Å². The number of aliphatic hydroxyl groups is 2. The van der Waals surface area contributed by atoms with Gasteiger partial charge in [0, 0.05) is 5.41 Å². The maximum Gasteiger partial charge on any atom is 0.0701 e. The molecule has 11 atom stereocenters. The van der Waals surface area contributed by atoms with Gasteiger partial charge in [0.1, 0.15) is 0 Å². The van der Waals surface area contributed by atoms with E-state index in [4.69, 9.17) is 9.47 Å². The van der Waals surface area contributed by atoms with Crippen LogP contribution in [0.3, 0.4) is 0 Å². The van der Waals surface area contributed by atoms with Gasteiger partial charge in [0.25, 0.3) is 0 Å². The predicted molar refractivity (Wildman–Crippen MR) is 133 cm³/mol. The van der Waals surface area contributed by atoms with Crippen molar-refractivity contribution in [2.75, 3.05) is 26.4 Å². The first kappa shape index (κ1) is 25.9. The molecule has 0 saturated heterocycles. The third kappa shape index (κ3) is 4.45. The van der Waals surface area contributed by atoms with E-state index >= 15 is 0 Å². The Morgan fingerprint density at radius 3 is 2.36 bits per heavy atom. The number of hydrogen-bond donors (Lipinski definition) is 2. The van der Waals surface area contributed by atoms with Crippen molar-refractivity contribution in [1.29, 1.82) is 0 Å². The molecular formula is C29H52O4. The van der Waals surface area contributed by atoms with Gasteiger partial charge in [-0.1, -0.05) is 53.9 Å². The number of rotatable bonds is 9. The van der Waals surface area contributed by atoms with E-state index in [1.54, 1.807) is 0 Å². The average molecular weight is 465 g/mol. The zero-order chi connectivity index (χ0) is 23.8. The molecule has 4 fully saturated rings. The molecule has 4 aliphatic rings. The van der Waals surface area contributed by atoms with E-state index in [1.807, 2.05) is 0 Å². The SMILES string of the molecule is CCC[C@@H](C)[C@H]1CC[C@H]2[C@@H]3[C@H](OCCO)C[C@@H]4C[C@H](C)CC[C@]4(C)[C@H]3C[C@H](OCCO)[C@]12C. The third-order valence-electron chi connectivity index (χ3n) is 11.3. The second-order valence-electron chi connectivity index (χ2n) is 12.9. The van der Waals surface area contributed by atoms with Crippen LogP contribution in [0.15, 0.2) is 0 Å². The summed E-state index contributed by atoms with van der Waals surface area (Å²) in [6.45, 7) is 13.5. The average Bonchev–Trinajstić information content (AvgIpc) is 3.15. The maximum atomic E-state index is 9.65. The Labute approximate surface area is 203 Å². The van der Waals surface area contributed by atoms with E-state index in [1.165, 1.54) is 51.4 Å². The van der Waals surface area contributed by atoms with Crippen molar-refractivity contribution in [3.8, 4) is 0 Å². The Morgan fingerprint density at radius 2 is 1.67 bits per heavy atom. The summed E-state index contributed by atoms with van der Waals surface area (Å²) in [5, 5.41) is 19.3. The molecule has 4 nitrogen and oxygen atoms in total. The van der Waals surface area contributed by atoms with Crippen molar-refractivity contribution in [3.05, 3.63) is 0 Å². The number of ether oxygens (including phenoxy) is 2. The largest absolute Gasteiger partial charge is 0.394 e. The van der Waals surface area contributed by atoms with Gasteiger partial charge in [0.2, 0.25) is 0 Å². The van der Waals surface area contributed by atoms with Gasteiger partial charge in [-0.3, -0.25) is 0 Å². The molecule has 0 aromatic rings. The second-order valence-corrected chi connectivity index (χ2v) is 12.9. The summed E-state index contributed by atoms with van der Waals surface area (Å²) in [6.07, 6.45) is 11.9. The van der Waals surface area contributed by atoms with Crippen molar-refractivity contribution in [2.24, 2.45) is 52.3 Å². The summed E-state index contributed by atoms with van der Waals surface area (Å²) in [7, 11) is 0. The smallest absolute Gasteiger partial charge is 0.0701 e. The molecular weight excluding hydrogens is 412 g/mol. The molecule has 192 valence electrons. The molecule has 0 heterocycles. The topological polar surface area (TPSA) is 58.9 Å². The molecule has 0 radical (unpaired) electrons. The van der Waals surface area contributed by atoms with Crippen molar-refractivity contribution in [3.63, 3.8) is 0 Å². The Bertz CT molecular complexity index is 639. The highest BCUT2D eigenvalue weighted by Gasteiger charge is 2.66. The van der Waals surface area contributed by atoms with E-state index in [0.717, 1.165) is 12.3 Å². The number of aliphatic hydroxyl groups excluding tert-OH is 2. The molecule has 33 heavy (non-hydrogen) atoms. The van der Waals surface area contributed by atoms with Crippen LogP contribution < -0.4 is 0 Å². The van der Waals surface area contributed by atoms with Gasteiger partial charge in [-0.25, -0.2) is 0 Å². The summed E-state index contributed by atoms with van der Waals surface area (Å²) in [6, 6.07) is 0. The minimum Gasteiger partial charge on any atom is -0.394 e. The van der Waals surface area contributed by atoms with E-state index < -0.39 is 0 Å². The van der Waals surface area contributed by atoms with Gasteiger partial charge in [-0.15, -0.1) is 0 Å². The fourth-order valence-electron chi connectivity index (χ4n) is 9.80. The Kier molecular flexibility index (Phi) is 8.21. The molecule has 4 rings (SSSR count). The summed E-state index contributed by atoms with van der Waals surface area (Å²) in [5.74, 6) is 4.72. The van der Waals surface area contributed by atoms with Crippen molar-refractivity contribution < 1.29 is 19.7 Å². The molecule has 0 bridgehead atoms. The monoisotopic (exact) mass is 464 g/mol. The zero-order valence-corrected chi connectivity index (χ0v) is 22.1. The van der Waals surface area contributed by atoms with Crippen LogP contribution in [0.4, 0.5) is 0 Å². The van der Waals surface area contributed by atoms with E-state index in [2.05, 4.69) is 34.6 Å². The lowest BCUT2D eigenvalue weighted by molar-refractivity contribution is -0.225. The lowest BCUT2D eigenvalue weighted by atomic mass is 9.42. The summed E-state index contributed by atoms with van der Waals surface area (Å²) >= 11 is 0. The molecule has 4 saturated carbocycles. The zero-order valence-electron chi connectivity index (χ0n) is 22.1. The first-order valence-electron chi connectivity index (χ1n) is 14.3. The molecule has 0 amide bonds. The molecule has 4 heteroatoms. The quantitative estimate of drug-likeness (QED) is 0.460. The standard InChI is InChI=1S/C29H52O4/c1-6-7-20(3)22-8-9-23-27-24(18-26(29(22,23)5)33-15-13-31)28(4)11-10-19(2)16-21(28)17-25(27)32-14-12-30/h19-27,30-31H,6-18H2,1-5H3/t19-,20-,21+,22-,23+,24+,25-,26+,27+,28+,29-/m1/s1. The van der Waals surface area contributed by atoms with Crippen LogP contribution in [0.5, 0.6) is 0 Å². The molecule has 0 unspecified atom stereocenters. The van der Waals surface area contributed by atoms with Gasteiger partial charge in [0.15, 0.2) is 0 Å². The van der Waals surface area contributed by atoms with Gasteiger partial charge in [-0.2, -0.15) is 0 Å². The van der Waals surface area contributed by atoms with Crippen molar-refractivity contribution in [2.45, 2.75) is 105 Å². The molecule has 4 aliphatic carbocycles. The molecule has 2 N–H and O–H groups in total. The van der Waals surface area contributed by atoms with Crippen LogP contribution in [-0.2, 0) is 9.47 Å². The van der Waals surface area contributed by atoms with Gasteiger partial charge in [-0.05, 0) is 85.4 Å². The first-order chi connectivity index (χ1) is 15.8.